The lowest BCUT2D eigenvalue weighted by Gasteiger charge is -2.23. The first-order valence-electron chi connectivity index (χ1n) is 6.02. The number of halogens is 1. The van der Waals surface area contributed by atoms with E-state index in [1.54, 1.807) is 4.68 Å². The minimum atomic E-state index is -0.396. The SMILES string of the molecule is CC1(n2nnnc2-c2cc(N)ccc2F)CCOC1. The van der Waals surface area contributed by atoms with Crippen LogP contribution in [0.2, 0.25) is 0 Å². The molecule has 3 rings (SSSR count). The lowest BCUT2D eigenvalue weighted by molar-refractivity contribution is 0.155. The van der Waals surface area contributed by atoms with Crippen LogP contribution in [0.5, 0.6) is 0 Å². The summed E-state index contributed by atoms with van der Waals surface area (Å²) in [6.07, 6.45) is 0.787. The lowest BCUT2D eigenvalue weighted by atomic mass is 10.0. The number of benzene rings is 1. The van der Waals surface area contributed by atoms with E-state index in [0.717, 1.165) is 6.42 Å². The van der Waals surface area contributed by atoms with Crippen LogP contribution in [0, 0.1) is 5.82 Å². The highest BCUT2D eigenvalue weighted by atomic mass is 19.1. The van der Waals surface area contributed by atoms with Crippen molar-refractivity contribution in [2.75, 3.05) is 18.9 Å². The van der Waals surface area contributed by atoms with Crippen molar-refractivity contribution in [1.82, 2.24) is 20.2 Å². The van der Waals surface area contributed by atoms with Gasteiger partial charge in [-0.1, -0.05) is 0 Å². The molecule has 0 bridgehead atoms. The second-order valence-electron chi connectivity index (χ2n) is 4.95. The summed E-state index contributed by atoms with van der Waals surface area (Å²) in [5.74, 6) is -0.0226. The molecule has 2 aromatic rings. The monoisotopic (exact) mass is 263 g/mol. The molecule has 1 aromatic heterocycles. The second-order valence-corrected chi connectivity index (χ2v) is 4.95. The number of ether oxygens (including phenoxy) is 1. The molecule has 7 heteroatoms. The summed E-state index contributed by atoms with van der Waals surface area (Å²) < 4.78 is 20.9. The Balaban J connectivity index is 2.12. The zero-order chi connectivity index (χ0) is 13.5. The number of nitrogens with two attached hydrogens (primary N) is 1. The lowest BCUT2D eigenvalue weighted by Crippen LogP contribution is -2.32. The normalized spacial score (nSPS) is 22.8. The molecule has 0 amide bonds. The standard InChI is InChI=1S/C12H14FN5O/c1-12(4-5-19-7-12)18-11(15-16-17-18)9-6-8(14)2-3-10(9)13/h2-3,6H,4-5,7,14H2,1H3. The molecule has 1 aliphatic heterocycles. The van der Waals surface area contributed by atoms with E-state index in [2.05, 4.69) is 15.5 Å². The van der Waals surface area contributed by atoms with E-state index in [1.807, 2.05) is 6.92 Å². The maximum atomic E-state index is 13.9. The zero-order valence-electron chi connectivity index (χ0n) is 10.5. The van der Waals surface area contributed by atoms with Gasteiger partial charge in [-0.05, 0) is 42.0 Å². The van der Waals surface area contributed by atoms with Crippen LogP contribution in [0.4, 0.5) is 10.1 Å². The molecule has 0 radical (unpaired) electrons. The third-order valence-electron chi connectivity index (χ3n) is 3.41. The molecular formula is C12H14FN5O. The highest BCUT2D eigenvalue weighted by Crippen LogP contribution is 2.31. The average molecular weight is 263 g/mol. The molecule has 1 atom stereocenters. The second kappa shape index (κ2) is 4.27. The number of hydrogen-bond donors (Lipinski definition) is 1. The van der Waals surface area contributed by atoms with Gasteiger partial charge in [-0.2, -0.15) is 0 Å². The van der Waals surface area contributed by atoms with Crippen LogP contribution in [0.1, 0.15) is 13.3 Å². The molecule has 100 valence electrons. The fourth-order valence-corrected chi connectivity index (χ4v) is 2.26. The van der Waals surface area contributed by atoms with Crippen LogP contribution in [0.3, 0.4) is 0 Å². The predicted octanol–water partition coefficient (Wildman–Crippen LogP) is 1.20. The number of nitrogens with zero attached hydrogens (tertiary/aromatic N) is 4. The Labute approximate surface area is 109 Å². The molecule has 0 saturated carbocycles. The van der Waals surface area contributed by atoms with Crippen molar-refractivity contribution in [3.63, 3.8) is 0 Å². The van der Waals surface area contributed by atoms with E-state index >= 15 is 0 Å². The van der Waals surface area contributed by atoms with E-state index in [9.17, 15) is 4.39 Å². The van der Waals surface area contributed by atoms with Crippen LogP contribution >= 0.6 is 0 Å². The molecule has 6 nitrogen and oxygen atoms in total. The van der Waals surface area contributed by atoms with E-state index < -0.39 is 5.82 Å². The molecule has 2 N–H and O–H groups in total. The average Bonchev–Trinajstić information content (AvgIpc) is 3.01. The van der Waals surface area contributed by atoms with Crippen molar-refractivity contribution in [2.45, 2.75) is 18.9 Å². The molecule has 1 fully saturated rings. The van der Waals surface area contributed by atoms with Crippen molar-refractivity contribution in [2.24, 2.45) is 0 Å². The van der Waals surface area contributed by atoms with Crippen molar-refractivity contribution in [3.8, 4) is 11.4 Å². The molecule has 1 aromatic carbocycles. The summed E-state index contributed by atoms with van der Waals surface area (Å²) in [6.45, 7) is 3.15. The summed E-state index contributed by atoms with van der Waals surface area (Å²) in [4.78, 5) is 0. The Hall–Kier alpha value is -2.02. The topological polar surface area (TPSA) is 78.9 Å². The van der Waals surface area contributed by atoms with Gasteiger partial charge in [0.15, 0.2) is 5.82 Å². The Morgan fingerprint density at radius 3 is 3.05 bits per heavy atom. The van der Waals surface area contributed by atoms with Gasteiger partial charge in [0.1, 0.15) is 5.82 Å². The van der Waals surface area contributed by atoms with Crippen LogP contribution in [0.15, 0.2) is 18.2 Å². The highest BCUT2D eigenvalue weighted by Gasteiger charge is 2.35. The quantitative estimate of drug-likeness (QED) is 0.823. The van der Waals surface area contributed by atoms with Gasteiger partial charge in [0.2, 0.25) is 0 Å². The van der Waals surface area contributed by atoms with Crippen LogP contribution in [-0.2, 0) is 10.3 Å². The fourth-order valence-electron chi connectivity index (χ4n) is 2.26. The third-order valence-corrected chi connectivity index (χ3v) is 3.41. The Bertz CT molecular complexity index is 606. The molecule has 1 unspecified atom stereocenters. The summed E-state index contributed by atoms with van der Waals surface area (Å²) >= 11 is 0. The van der Waals surface area contributed by atoms with E-state index in [4.69, 9.17) is 10.5 Å². The zero-order valence-corrected chi connectivity index (χ0v) is 10.5. The molecule has 0 spiro atoms. The molecule has 19 heavy (non-hydrogen) atoms. The molecular weight excluding hydrogens is 249 g/mol. The number of hydrogen-bond acceptors (Lipinski definition) is 5. The summed E-state index contributed by atoms with van der Waals surface area (Å²) in [5.41, 5.74) is 6.12. The number of nitrogen functional groups attached to an aromatic ring is 1. The van der Waals surface area contributed by atoms with Gasteiger partial charge in [-0.15, -0.1) is 5.10 Å². The van der Waals surface area contributed by atoms with Crippen molar-refractivity contribution in [3.05, 3.63) is 24.0 Å². The Kier molecular flexibility index (Phi) is 2.70. The minimum absolute atomic E-state index is 0.304. The molecule has 1 aliphatic rings. The first-order chi connectivity index (χ1) is 9.10. The number of tetrazole rings is 1. The predicted molar refractivity (Wildman–Crippen MR) is 66.7 cm³/mol. The van der Waals surface area contributed by atoms with Gasteiger partial charge >= 0.3 is 0 Å². The van der Waals surface area contributed by atoms with Crippen LogP contribution in [0.25, 0.3) is 11.4 Å². The van der Waals surface area contributed by atoms with Crippen LogP contribution in [-0.4, -0.2) is 33.4 Å². The summed E-state index contributed by atoms with van der Waals surface area (Å²) in [7, 11) is 0. The van der Waals surface area contributed by atoms with Crippen LogP contribution < -0.4 is 5.73 Å². The van der Waals surface area contributed by atoms with Gasteiger partial charge < -0.3 is 10.5 Å². The first kappa shape index (κ1) is 12.0. The van der Waals surface area contributed by atoms with E-state index in [0.29, 0.717) is 30.3 Å². The van der Waals surface area contributed by atoms with Gasteiger partial charge in [-0.25, -0.2) is 9.07 Å². The fraction of sp³-hybridized carbons (Fsp3) is 0.417. The Morgan fingerprint density at radius 2 is 2.32 bits per heavy atom. The molecule has 0 aliphatic carbocycles. The number of anilines is 1. The van der Waals surface area contributed by atoms with Crippen molar-refractivity contribution < 1.29 is 9.13 Å². The Morgan fingerprint density at radius 1 is 1.47 bits per heavy atom. The van der Waals surface area contributed by atoms with E-state index in [1.165, 1.54) is 18.2 Å². The van der Waals surface area contributed by atoms with E-state index in [-0.39, 0.29) is 5.54 Å². The smallest absolute Gasteiger partial charge is 0.185 e. The van der Waals surface area contributed by atoms with Gasteiger partial charge in [0.25, 0.3) is 0 Å². The largest absolute Gasteiger partial charge is 0.399 e. The number of aromatic nitrogens is 4. The summed E-state index contributed by atoms with van der Waals surface area (Å²) in [6, 6.07) is 4.36. The molecule has 2 heterocycles. The maximum absolute atomic E-state index is 13.9. The maximum Gasteiger partial charge on any atom is 0.185 e. The van der Waals surface area contributed by atoms with Crippen molar-refractivity contribution >= 4 is 5.69 Å². The van der Waals surface area contributed by atoms with Gasteiger partial charge in [0.05, 0.1) is 17.7 Å². The number of rotatable bonds is 2. The molecule has 1 saturated heterocycles. The summed E-state index contributed by atoms with van der Waals surface area (Å²) in [5, 5.41) is 11.6. The highest BCUT2D eigenvalue weighted by molar-refractivity contribution is 5.61. The first-order valence-corrected chi connectivity index (χ1v) is 6.02. The minimum Gasteiger partial charge on any atom is -0.399 e. The van der Waals surface area contributed by atoms with Crippen molar-refractivity contribution in [1.29, 1.82) is 0 Å². The van der Waals surface area contributed by atoms with Gasteiger partial charge in [-0.3, -0.25) is 0 Å². The third kappa shape index (κ3) is 1.95. The van der Waals surface area contributed by atoms with Gasteiger partial charge in [0, 0.05) is 12.3 Å².